The molecule has 0 saturated heterocycles. The van der Waals surface area contributed by atoms with Gasteiger partial charge in [0.15, 0.2) is 0 Å². The van der Waals surface area contributed by atoms with Gasteiger partial charge in [0.1, 0.15) is 5.75 Å². The number of hydrogen-bond acceptors (Lipinski definition) is 2. The van der Waals surface area contributed by atoms with Crippen molar-refractivity contribution in [3.63, 3.8) is 0 Å². The van der Waals surface area contributed by atoms with Gasteiger partial charge in [-0.1, -0.05) is 6.42 Å². The molecular formula is C12H15NO. The highest BCUT2D eigenvalue weighted by Gasteiger charge is 2.35. The van der Waals surface area contributed by atoms with Crippen LogP contribution < -0.4 is 10.1 Å². The van der Waals surface area contributed by atoms with Crippen LogP contribution in [0.25, 0.3) is 0 Å². The number of hydrogen-bond donors (Lipinski definition) is 1. The lowest BCUT2D eigenvalue weighted by molar-refractivity contribution is 0.414. The lowest BCUT2D eigenvalue weighted by Gasteiger charge is -2.08. The predicted molar refractivity (Wildman–Crippen MR) is 57.0 cm³/mol. The van der Waals surface area contributed by atoms with Gasteiger partial charge >= 0.3 is 0 Å². The number of fused-ring (bicyclic) bond motifs is 3. The van der Waals surface area contributed by atoms with E-state index < -0.39 is 0 Å². The predicted octanol–water partition coefficient (Wildman–Crippen LogP) is 2.76. The number of nitrogens with one attached hydrogen (secondary N) is 1. The highest BCUT2D eigenvalue weighted by molar-refractivity contribution is 5.62. The molecule has 2 heteroatoms. The van der Waals surface area contributed by atoms with Crippen LogP contribution in [0.3, 0.4) is 0 Å². The van der Waals surface area contributed by atoms with Crippen molar-refractivity contribution in [2.45, 2.75) is 31.2 Å². The van der Waals surface area contributed by atoms with Crippen LogP contribution >= 0.6 is 0 Å². The fraction of sp³-hybridized carbons (Fsp3) is 0.500. The Hall–Kier alpha value is -1.18. The van der Waals surface area contributed by atoms with E-state index in [-0.39, 0.29) is 0 Å². The standard InChI is InChI=1S/C12H15NO/c1-14-8-5-6-12-10(7-8)9-3-2-4-11(9)13-12/h5-7,9,11,13H,2-4H2,1H3. The Bertz CT molecular complexity index is 361. The minimum Gasteiger partial charge on any atom is -0.497 e. The summed E-state index contributed by atoms with van der Waals surface area (Å²) < 4.78 is 5.26. The van der Waals surface area contributed by atoms with Gasteiger partial charge in [0.25, 0.3) is 0 Å². The Labute approximate surface area is 84.3 Å². The second-order valence-corrected chi connectivity index (χ2v) is 4.24. The number of benzene rings is 1. The lowest BCUT2D eigenvalue weighted by Crippen LogP contribution is -2.13. The van der Waals surface area contributed by atoms with E-state index in [9.17, 15) is 0 Å². The van der Waals surface area contributed by atoms with Crippen LogP contribution in [0, 0.1) is 0 Å². The summed E-state index contributed by atoms with van der Waals surface area (Å²) in [5.41, 5.74) is 2.78. The molecule has 14 heavy (non-hydrogen) atoms. The summed E-state index contributed by atoms with van der Waals surface area (Å²) in [6, 6.07) is 7.06. The Kier molecular flexibility index (Phi) is 1.69. The third-order valence-electron chi connectivity index (χ3n) is 3.52. The van der Waals surface area contributed by atoms with Crippen molar-refractivity contribution in [2.24, 2.45) is 0 Å². The quantitative estimate of drug-likeness (QED) is 0.733. The topological polar surface area (TPSA) is 21.3 Å². The monoisotopic (exact) mass is 189 g/mol. The van der Waals surface area contributed by atoms with Gasteiger partial charge in [-0.2, -0.15) is 0 Å². The van der Waals surface area contributed by atoms with Gasteiger partial charge in [-0.3, -0.25) is 0 Å². The minimum absolute atomic E-state index is 0.692. The molecule has 0 amide bonds. The van der Waals surface area contributed by atoms with Crippen molar-refractivity contribution in [1.29, 1.82) is 0 Å². The maximum Gasteiger partial charge on any atom is 0.119 e. The zero-order valence-electron chi connectivity index (χ0n) is 8.42. The smallest absolute Gasteiger partial charge is 0.119 e. The number of ether oxygens (including phenoxy) is 1. The lowest BCUT2D eigenvalue weighted by atomic mass is 9.97. The molecule has 0 aromatic heterocycles. The van der Waals surface area contributed by atoms with Crippen molar-refractivity contribution in [3.8, 4) is 5.75 Å². The summed E-state index contributed by atoms with van der Waals surface area (Å²) in [5, 5.41) is 3.59. The van der Waals surface area contributed by atoms with E-state index in [0.29, 0.717) is 6.04 Å². The zero-order chi connectivity index (χ0) is 9.54. The van der Waals surface area contributed by atoms with Gasteiger partial charge in [0.05, 0.1) is 7.11 Å². The minimum atomic E-state index is 0.692. The molecule has 0 bridgehead atoms. The molecule has 1 heterocycles. The van der Waals surface area contributed by atoms with Gasteiger partial charge in [-0.15, -0.1) is 0 Å². The first-order valence-corrected chi connectivity index (χ1v) is 5.33. The molecule has 3 rings (SSSR count). The molecule has 0 spiro atoms. The Balaban J connectivity index is 2.03. The summed E-state index contributed by atoms with van der Waals surface area (Å²) in [4.78, 5) is 0. The number of methoxy groups -OCH3 is 1. The first-order chi connectivity index (χ1) is 6.88. The van der Waals surface area contributed by atoms with E-state index >= 15 is 0 Å². The Morgan fingerprint density at radius 1 is 1.36 bits per heavy atom. The molecule has 1 saturated carbocycles. The molecule has 2 aliphatic rings. The van der Waals surface area contributed by atoms with Crippen LogP contribution in [0.4, 0.5) is 5.69 Å². The Morgan fingerprint density at radius 3 is 3.14 bits per heavy atom. The molecule has 1 aromatic rings. The van der Waals surface area contributed by atoms with Crippen molar-refractivity contribution in [1.82, 2.24) is 0 Å². The molecule has 0 radical (unpaired) electrons. The van der Waals surface area contributed by atoms with Crippen molar-refractivity contribution in [3.05, 3.63) is 23.8 Å². The van der Waals surface area contributed by atoms with Gasteiger partial charge in [0.2, 0.25) is 0 Å². The van der Waals surface area contributed by atoms with E-state index in [4.69, 9.17) is 4.74 Å². The van der Waals surface area contributed by atoms with E-state index in [1.165, 1.54) is 30.5 Å². The Morgan fingerprint density at radius 2 is 2.29 bits per heavy atom. The third kappa shape index (κ3) is 1.03. The van der Waals surface area contributed by atoms with Crippen LogP contribution in [0.1, 0.15) is 30.7 Å². The summed E-state index contributed by atoms with van der Waals surface area (Å²) in [6.07, 6.45) is 4.01. The first-order valence-electron chi connectivity index (χ1n) is 5.33. The molecule has 2 nitrogen and oxygen atoms in total. The molecule has 1 fully saturated rings. The maximum absolute atomic E-state index is 5.26. The van der Waals surface area contributed by atoms with Gasteiger partial charge in [-0.05, 0) is 36.6 Å². The van der Waals surface area contributed by atoms with E-state index in [1.54, 1.807) is 7.11 Å². The summed E-state index contributed by atoms with van der Waals surface area (Å²) in [7, 11) is 1.73. The first kappa shape index (κ1) is 8.16. The number of rotatable bonds is 1. The average molecular weight is 189 g/mol. The largest absolute Gasteiger partial charge is 0.497 e. The van der Waals surface area contributed by atoms with Gasteiger partial charge < -0.3 is 10.1 Å². The zero-order valence-corrected chi connectivity index (χ0v) is 8.42. The SMILES string of the molecule is COc1ccc2c(c1)C1CCCC1N2. The molecule has 1 aliphatic carbocycles. The molecule has 2 unspecified atom stereocenters. The highest BCUT2D eigenvalue weighted by atomic mass is 16.5. The third-order valence-corrected chi connectivity index (χ3v) is 3.52. The van der Waals surface area contributed by atoms with Crippen LogP contribution in [0.2, 0.25) is 0 Å². The van der Waals surface area contributed by atoms with Crippen molar-refractivity contribution >= 4 is 5.69 Å². The summed E-state index contributed by atoms with van der Waals surface area (Å²) in [5.74, 6) is 1.72. The molecule has 1 aromatic carbocycles. The maximum atomic E-state index is 5.26. The molecule has 1 aliphatic heterocycles. The molecule has 1 N–H and O–H groups in total. The fourth-order valence-electron chi connectivity index (χ4n) is 2.81. The van der Waals surface area contributed by atoms with Gasteiger partial charge in [-0.25, -0.2) is 0 Å². The van der Waals surface area contributed by atoms with Gasteiger partial charge in [0, 0.05) is 17.6 Å². The van der Waals surface area contributed by atoms with E-state index in [0.717, 1.165) is 11.7 Å². The average Bonchev–Trinajstić information content (AvgIpc) is 2.76. The van der Waals surface area contributed by atoms with Crippen molar-refractivity contribution < 1.29 is 4.74 Å². The second-order valence-electron chi connectivity index (χ2n) is 4.24. The number of anilines is 1. The van der Waals surface area contributed by atoms with Crippen molar-refractivity contribution in [2.75, 3.05) is 12.4 Å². The van der Waals surface area contributed by atoms with Crippen LogP contribution in [-0.2, 0) is 0 Å². The molecular weight excluding hydrogens is 174 g/mol. The van der Waals surface area contributed by atoms with E-state index in [1.807, 2.05) is 6.07 Å². The highest BCUT2D eigenvalue weighted by Crippen LogP contribution is 2.46. The second kappa shape index (κ2) is 2.91. The van der Waals surface area contributed by atoms with E-state index in [2.05, 4.69) is 17.4 Å². The van der Waals surface area contributed by atoms with Crippen LogP contribution in [0.15, 0.2) is 18.2 Å². The molecule has 2 atom stereocenters. The molecule has 74 valence electrons. The van der Waals surface area contributed by atoms with Crippen LogP contribution in [0.5, 0.6) is 5.75 Å². The summed E-state index contributed by atoms with van der Waals surface area (Å²) in [6.45, 7) is 0. The fourth-order valence-corrected chi connectivity index (χ4v) is 2.81. The van der Waals surface area contributed by atoms with Crippen LogP contribution in [-0.4, -0.2) is 13.2 Å². The summed E-state index contributed by atoms with van der Waals surface area (Å²) >= 11 is 0. The normalized spacial score (nSPS) is 28.1.